The van der Waals surface area contributed by atoms with Gasteiger partial charge < -0.3 is 14.9 Å². The number of amides is 1. The second-order valence-electron chi connectivity index (χ2n) is 9.20. The van der Waals surface area contributed by atoms with Crippen molar-refractivity contribution in [2.45, 2.75) is 18.9 Å². The SMILES string of the molecule is C[C@H](c1cccc2ccccc12)N(CC1CN(c2ccccc2)CC1c1ccccc1)C(=O)O. The van der Waals surface area contributed by atoms with E-state index in [1.165, 1.54) is 11.3 Å². The van der Waals surface area contributed by atoms with E-state index in [0.29, 0.717) is 6.54 Å². The summed E-state index contributed by atoms with van der Waals surface area (Å²) in [6, 6.07) is 35.1. The number of carbonyl (C=O) groups is 1. The predicted molar refractivity (Wildman–Crippen MR) is 138 cm³/mol. The third-order valence-electron chi connectivity index (χ3n) is 7.21. The topological polar surface area (TPSA) is 43.8 Å². The van der Waals surface area contributed by atoms with Gasteiger partial charge in [0.05, 0.1) is 6.04 Å². The van der Waals surface area contributed by atoms with Crippen molar-refractivity contribution in [3.63, 3.8) is 0 Å². The van der Waals surface area contributed by atoms with Gasteiger partial charge in [-0.1, -0.05) is 91.0 Å². The number of nitrogens with zero attached hydrogens (tertiary/aromatic N) is 2. The summed E-state index contributed by atoms with van der Waals surface area (Å²) < 4.78 is 0. The zero-order valence-electron chi connectivity index (χ0n) is 19.4. The molecule has 1 N–H and O–H groups in total. The zero-order chi connectivity index (χ0) is 23.5. The van der Waals surface area contributed by atoms with E-state index >= 15 is 0 Å². The smallest absolute Gasteiger partial charge is 0.407 e. The molecule has 4 nitrogen and oxygen atoms in total. The Morgan fingerprint density at radius 2 is 1.53 bits per heavy atom. The van der Waals surface area contributed by atoms with Gasteiger partial charge in [-0.15, -0.1) is 0 Å². The van der Waals surface area contributed by atoms with Crippen LogP contribution in [0, 0.1) is 5.92 Å². The lowest BCUT2D eigenvalue weighted by Gasteiger charge is -2.32. The summed E-state index contributed by atoms with van der Waals surface area (Å²) in [5, 5.41) is 12.5. The Hall–Kier alpha value is -3.79. The van der Waals surface area contributed by atoms with Crippen LogP contribution in [0.1, 0.15) is 30.0 Å². The molecule has 1 fully saturated rings. The molecule has 4 aromatic rings. The average Bonchev–Trinajstić information content (AvgIpc) is 3.31. The Kier molecular flexibility index (Phi) is 6.22. The fourth-order valence-electron chi connectivity index (χ4n) is 5.42. The summed E-state index contributed by atoms with van der Waals surface area (Å²) >= 11 is 0. The minimum atomic E-state index is -0.870. The highest BCUT2D eigenvalue weighted by atomic mass is 16.4. The van der Waals surface area contributed by atoms with Gasteiger partial charge in [0.1, 0.15) is 0 Å². The van der Waals surface area contributed by atoms with Crippen LogP contribution in [0.5, 0.6) is 0 Å². The quantitative estimate of drug-likeness (QED) is 0.351. The summed E-state index contributed by atoms with van der Waals surface area (Å²) in [6.07, 6.45) is -0.870. The van der Waals surface area contributed by atoms with Crippen LogP contribution < -0.4 is 4.90 Å². The molecule has 1 aliphatic heterocycles. The van der Waals surface area contributed by atoms with E-state index in [4.69, 9.17) is 0 Å². The standard InChI is InChI=1S/C30H30N2O2/c1-22(27-18-10-14-23-13-8-9-17-28(23)27)32(30(33)34)20-25-19-31(26-15-6-3-7-16-26)21-29(25)24-11-4-2-5-12-24/h2-18,22,25,29H,19-21H2,1H3,(H,33,34)/t22-,25?,29?/m1/s1. The highest BCUT2D eigenvalue weighted by Gasteiger charge is 2.37. The lowest BCUT2D eigenvalue weighted by Crippen LogP contribution is -2.38. The van der Waals surface area contributed by atoms with Gasteiger partial charge >= 0.3 is 6.09 Å². The molecule has 0 saturated carbocycles. The zero-order valence-corrected chi connectivity index (χ0v) is 19.4. The highest BCUT2D eigenvalue weighted by Crippen LogP contribution is 2.38. The fraction of sp³-hybridized carbons (Fsp3) is 0.233. The Balaban J connectivity index is 1.46. The number of hydrogen-bond acceptors (Lipinski definition) is 2. The van der Waals surface area contributed by atoms with E-state index in [-0.39, 0.29) is 17.9 Å². The maximum Gasteiger partial charge on any atom is 0.407 e. The highest BCUT2D eigenvalue weighted by molar-refractivity contribution is 5.86. The van der Waals surface area contributed by atoms with E-state index in [1.54, 1.807) is 4.90 Å². The van der Waals surface area contributed by atoms with E-state index < -0.39 is 6.09 Å². The first kappa shape index (κ1) is 22.0. The normalized spacial score (nSPS) is 18.7. The lowest BCUT2D eigenvalue weighted by molar-refractivity contribution is 0.118. The first-order chi connectivity index (χ1) is 16.6. The predicted octanol–water partition coefficient (Wildman–Crippen LogP) is 6.80. The molecule has 0 bridgehead atoms. The van der Waals surface area contributed by atoms with Gasteiger partial charge in [-0.05, 0) is 41.0 Å². The summed E-state index contributed by atoms with van der Waals surface area (Å²) in [5.41, 5.74) is 3.51. The summed E-state index contributed by atoms with van der Waals surface area (Å²) in [4.78, 5) is 16.6. The van der Waals surface area contributed by atoms with Crippen molar-refractivity contribution in [1.82, 2.24) is 4.90 Å². The molecule has 0 spiro atoms. The molecule has 5 rings (SSSR count). The van der Waals surface area contributed by atoms with Crippen LogP contribution >= 0.6 is 0 Å². The van der Waals surface area contributed by atoms with Gasteiger partial charge in [0, 0.05) is 37.2 Å². The number of para-hydroxylation sites is 1. The number of benzene rings is 4. The summed E-state index contributed by atoms with van der Waals surface area (Å²) in [6.45, 7) is 4.21. The molecule has 34 heavy (non-hydrogen) atoms. The van der Waals surface area contributed by atoms with E-state index in [1.807, 2.05) is 37.3 Å². The number of rotatable bonds is 6. The van der Waals surface area contributed by atoms with Crippen molar-refractivity contribution < 1.29 is 9.90 Å². The molecular weight excluding hydrogens is 420 g/mol. The minimum absolute atomic E-state index is 0.191. The van der Waals surface area contributed by atoms with Crippen molar-refractivity contribution in [1.29, 1.82) is 0 Å². The van der Waals surface area contributed by atoms with Crippen LogP contribution in [0.25, 0.3) is 10.8 Å². The van der Waals surface area contributed by atoms with Crippen LogP contribution in [-0.4, -0.2) is 35.7 Å². The van der Waals surface area contributed by atoms with Gasteiger partial charge in [0.25, 0.3) is 0 Å². The molecular formula is C30H30N2O2. The Morgan fingerprint density at radius 1 is 0.882 bits per heavy atom. The van der Waals surface area contributed by atoms with Crippen molar-refractivity contribution in [3.8, 4) is 0 Å². The van der Waals surface area contributed by atoms with Crippen molar-refractivity contribution in [2.24, 2.45) is 5.92 Å². The van der Waals surface area contributed by atoms with Gasteiger partial charge in [-0.2, -0.15) is 0 Å². The average molecular weight is 451 g/mol. The summed E-state index contributed by atoms with van der Waals surface area (Å²) in [7, 11) is 0. The first-order valence-electron chi connectivity index (χ1n) is 11.9. The molecule has 1 saturated heterocycles. The summed E-state index contributed by atoms with van der Waals surface area (Å²) in [5.74, 6) is 0.458. The van der Waals surface area contributed by atoms with E-state index in [9.17, 15) is 9.90 Å². The second-order valence-corrected chi connectivity index (χ2v) is 9.20. The molecule has 1 amide bonds. The fourth-order valence-corrected chi connectivity index (χ4v) is 5.42. The third-order valence-corrected chi connectivity index (χ3v) is 7.21. The molecule has 4 aromatic carbocycles. The van der Waals surface area contributed by atoms with Crippen LogP contribution in [0.2, 0.25) is 0 Å². The Labute approximate surface area is 201 Å². The van der Waals surface area contributed by atoms with Gasteiger partial charge in [0.2, 0.25) is 0 Å². The largest absolute Gasteiger partial charge is 0.465 e. The third kappa shape index (κ3) is 4.36. The van der Waals surface area contributed by atoms with E-state index in [0.717, 1.165) is 29.4 Å². The van der Waals surface area contributed by atoms with Crippen LogP contribution in [0.15, 0.2) is 103 Å². The van der Waals surface area contributed by atoms with Crippen LogP contribution in [0.4, 0.5) is 10.5 Å². The molecule has 0 aromatic heterocycles. The maximum absolute atomic E-state index is 12.5. The second kappa shape index (κ2) is 9.60. The first-order valence-corrected chi connectivity index (χ1v) is 11.9. The van der Waals surface area contributed by atoms with Gasteiger partial charge in [-0.3, -0.25) is 0 Å². The number of carboxylic acid groups (broad SMARTS) is 1. The van der Waals surface area contributed by atoms with Gasteiger partial charge in [0.15, 0.2) is 0 Å². The van der Waals surface area contributed by atoms with Gasteiger partial charge in [-0.25, -0.2) is 4.79 Å². The van der Waals surface area contributed by atoms with Crippen LogP contribution in [0.3, 0.4) is 0 Å². The van der Waals surface area contributed by atoms with E-state index in [2.05, 4.69) is 77.7 Å². The van der Waals surface area contributed by atoms with Crippen molar-refractivity contribution in [2.75, 3.05) is 24.5 Å². The molecule has 4 heteroatoms. The number of fused-ring (bicyclic) bond motifs is 1. The molecule has 0 aliphatic carbocycles. The van der Waals surface area contributed by atoms with Crippen molar-refractivity contribution in [3.05, 3.63) is 114 Å². The number of hydrogen-bond donors (Lipinski definition) is 1. The van der Waals surface area contributed by atoms with Crippen LogP contribution in [-0.2, 0) is 0 Å². The monoisotopic (exact) mass is 450 g/mol. The minimum Gasteiger partial charge on any atom is -0.465 e. The molecule has 1 heterocycles. The number of anilines is 1. The maximum atomic E-state index is 12.5. The molecule has 1 aliphatic rings. The Bertz CT molecular complexity index is 1250. The lowest BCUT2D eigenvalue weighted by atomic mass is 9.88. The molecule has 2 unspecified atom stereocenters. The van der Waals surface area contributed by atoms with Crippen molar-refractivity contribution >= 4 is 22.6 Å². The molecule has 3 atom stereocenters. The Morgan fingerprint density at radius 3 is 2.26 bits per heavy atom. The molecule has 172 valence electrons. The molecule has 0 radical (unpaired) electrons.